The number of benzene rings is 1. The van der Waals surface area contributed by atoms with Gasteiger partial charge in [0.1, 0.15) is 5.75 Å². The van der Waals surface area contributed by atoms with E-state index in [1.165, 1.54) is 0 Å². The molecule has 0 aliphatic carbocycles. The highest BCUT2D eigenvalue weighted by molar-refractivity contribution is 5.75. The van der Waals surface area contributed by atoms with Crippen LogP contribution in [0.4, 0.5) is 0 Å². The number of hydrogen-bond donors (Lipinski definition) is 2. The fourth-order valence-corrected chi connectivity index (χ4v) is 1.57. The molecule has 1 heterocycles. The van der Waals surface area contributed by atoms with E-state index in [1.54, 1.807) is 6.33 Å². The third kappa shape index (κ3) is 3.21. The van der Waals surface area contributed by atoms with Gasteiger partial charge in [-0.3, -0.25) is 4.79 Å². The molecule has 0 aliphatic rings. The van der Waals surface area contributed by atoms with Crippen molar-refractivity contribution in [2.24, 2.45) is 0 Å². The van der Waals surface area contributed by atoms with E-state index in [-0.39, 0.29) is 6.42 Å². The normalized spacial score (nSPS) is 10.6. The largest absolute Gasteiger partial charge is 0.494 e. The van der Waals surface area contributed by atoms with Crippen LogP contribution in [0.2, 0.25) is 0 Å². The highest BCUT2D eigenvalue weighted by atomic mass is 16.5. The Balaban J connectivity index is 1.80. The summed E-state index contributed by atoms with van der Waals surface area (Å²) < 4.78 is 5.52. The Morgan fingerprint density at radius 2 is 2.29 bits per heavy atom. The van der Waals surface area contributed by atoms with Gasteiger partial charge in [0.2, 0.25) is 0 Å². The van der Waals surface area contributed by atoms with Gasteiger partial charge in [-0.05, 0) is 25.0 Å². The summed E-state index contributed by atoms with van der Waals surface area (Å²) >= 11 is 0. The van der Waals surface area contributed by atoms with Gasteiger partial charge >= 0.3 is 5.97 Å². The molecule has 90 valence electrons. The molecule has 0 saturated heterocycles. The quantitative estimate of drug-likeness (QED) is 0.751. The number of imidazole rings is 1. The van der Waals surface area contributed by atoms with Gasteiger partial charge in [0.05, 0.1) is 24.0 Å². The molecule has 2 N–H and O–H groups in total. The van der Waals surface area contributed by atoms with Crippen LogP contribution >= 0.6 is 0 Å². The molecule has 17 heavy (non-hydrogen) atoms. The van der Waals surface area contributed by atoms with Gasteiger partial charge in [-0.2, -0.15) is 0 Å². The number of H-pyrrole nitrogens is 1. The summed E-state index contributed by atoms with van der Waals surface area (Å²) in [6.07, 6.45) is 3.22. The van der Waals surface area contributed by atoms with Crippen molar-refractivity contribution in [2.75, 3.05) is 6.61 Å². The standard InChI is InChI=1S/C12H14N2O3/c15-12(16)3-1-2-6-17-9-4-5-10-11(7-9)14-8-13-10/h4-5,7-8H,1-3,6H2,(H,13,14)(H,15,16). The van der Waals surface area contributed by atoms with Gasteiger partial charge in [-0.25, -0.2) is 4.98 Å². The molecule has 5 heteroatoms. The second-order valence-electron chi connectivity index (χ2n) is 3.78. The minimum atomic E-state index is -0.760. The molecule has 0 aliphatic heterocycles. The molecule has 0 bridgehead atoms. The molecule has 0 spiro atoms. The molecule has 0 unspecified atom stereocenters. The van der Waals surface area contributed by atoms with E-state index in [0.717, 1.165) is 23.2 Å². The van der Waals surface area contributed by atoms with Crippen molar-refractivity contribution in [3.05, 3.63) is 24.5 Å². The van der Waals surface area contributed by atoms with Crippen LogP contribution in [0.15, 0.2) is 24.5 Å². The number of unbranched alkanes of at least 4 members (excludes halogenated alkanes) is 1. The predicted molar refractivity (Wildman–Crippen MR) is 63.1 cm³/mol. The SMILES string of the molecule is O=C(O)CCCCOc1ccc2nc[nH]c2c1. The number of ether oxygens (including phenoxy) is 1. The van der Waals surface area contributed by atoms with E-state index in [1.807, 2.05) is 18.2 Å². The molecule has 0 atom stereocenters. The van der Waals surface area contributed by atoms with Crippen LogP contribution in [0.25, 0.3) is 11.0 Å². The minimum absolute atomic E-state index is 0.197. The molecule has 0 fully saturated rings. The number of rotatable bonds is 6. The smallest absolute Gasteiger partial charge is 0.303 e. The lowest BCUT2D eigenvalue weighted by atomic mass is 10.2. The zero-order chi connectivity index (χ0) is 12.1. The first-order valence-corrected chi connectivity index (χ1v) is 5.53. The molecule has 2 aromatic rings. The van der Waals surface area contributed by atoms with E-state index in [0.29, 0.717) is 13.0 Å². The first-order valence-electron chi connectivity index (χ1n) is 5.53. The number of aromatic amines is 1. The fraction of sp³-hybridized carbons (Fsp3) is 0.333. The van der Waals surface area contributed by atoms with Gasteiger partial charge in [0, 0.05) is 12.5 Å². The van der Waals surface area contributed by atoms with Gasteiger partial charge in [-0.1, -0.05) is 0 Å². The number of nitrogens with one attached hydrogen (secondary N) is 1. The summed E-state index contributed by atoms with van der Waals surface area (Å²) in [6.45, 7) is 0.535. The summed E-state index contributed by atoms with van der Waals surface area (Å²) in [7, 11) is 0. The molecular weight excluding hydrogens is 220 g/mol. The first-order chi connectivity index (χ1) is 8.25. The fourth-order valence-electron chi connectivity index (χ4n) is 1.57. The number of aromatic nitrogens is 2. The Kier molecular flexibility index (Phi) is 3.59. The summed E-state index contributed by atoms with van der Waals surface area (Å²) in [5, 5.41) is 8.47. The molecule has 1 aromatic heterocycles. The lowest BCUT2D eigenvalue weighted by molar-refractivity contribution is -0.137. The van der Waals surface area contributed by atoms with Crippen LogP contribution in [0.1, 0.15) is 19.3 Å². The predicted octanol–water partition coefficient (Wildman–Crippen LogP) is 2.20. The highest BCUT2D eigenvalue weighted by Crippen LogP contribution is 2.17. The Labute approximate surface area is 98.4 Å². The average molecular weight is 234 g/mol. The summed E-state index contributed by atoms with van der Waals surface area (Å²) in [5.41, 5.74) is 1.84. The third-order valence-corrected chi connectivity index (χ3v) is 2.45. The molecule has 0 radical (unpaired) electrons. The maximum absolute atomic E-state index is 10.3. The molecule has 2 rings (SSSR count). The minimum Gasteiger partial charge on any atom is -0.494 e. The van der Waals surface area contributed by atoms with Crippen LogP contribution in [0.3, 0.4) is 0 Å². The second kappa shape index (κ2) is 5.34. The number of nitrogens with zero attached hydrogens (tertiary/aromatic N) is 1. The van der Waals surface area contributed by atoms with E-state index in [2.05, 4.69) is 9.97 Å². The van der Waals surface area contributed by atoms with Crippen molar-refractivity contribution < 1.29 is 14.6 Å². The second-order valence-corrected chi connectivity index (χ2v) is 3.78. The van der Waals surface area contributed by atoms with Gasteiger partial charge < -0.3 is 14.8 Å². The number of hydrogen-bond acceptors (Lipinski definition) is 3. The summed E-state index contributed by atoms with van der Waals surface area (Å²) in [4.78, 5) is 17.4. The van der Waals surface area contributed by atoms with Gasteiger partial charge in [-0.15, -0.1) is 0 Å². The third-order valence-electron chi connectivity index (χ3n) is 2.45. The van der Waals surface area contributed by atoms with E-state index >= 15 is 0 Å². The lowest BCUT2D eigenvalue weighted by Gasteiger charge is -2.05. The molecule has 0 saturated carbocycles. The summed E-state index contributed by atoms with van der Waals surface area (Å²) in [5.74, 6) is 0.0148. The molecule has 5 nitrogen and oxygen atoms in total. The number of carboxylic acid groups (broad SMARTS) is 1. The van der Waals surface area contributed by atoms with Crippen molar-refractivity contribution in [1.82, 2.24) is 9.97 Å². The zero-order valence-electron chi connectivity index (χ0n) is 9.35. The molecule has 1 aromatic carbocycles. The van der Waals surface area contributed by atoms with Crippen LogP contribution in [-0.4, -0.2) is 27.7 Å². The van der Waals surface area contributed by atoms with E-state index in [9.17, 15) is 4.79 Å². The Morgan fingerprint density at radius 3 is 3.12 bits per heavy atom. The van der Waals surface area contributed by atoms with Crippen molar-refractivity contribution in [3.63, 3.8) is 0 Å². The Morgan fingerprint density at radius 1 is 1.41 bits per heavy atom. The van der Waals surface area contributed by atoms with Crippen molar-refractivity contribution in [2.45, 2.75) is 19.3 Å². The Hall–Kier alpha value is -2.04. The van der Waals surface area contributed by atoms with Gasteiger partial charge in [0.25, 0.3) is 0 Å². The van der Waals surface area contributed by atoms with Gasteiger partial charge in [0.15, 0.2) is 0 Å². The number of carbonyl (C=O) groups is 1. The first kappa shape index (κ1) is 11.4. The van der Waals surface area contributed by atoms with E-state index in [4.69, 9.17) is 9.84 Å². The maximum Gasteiger partial charge on any atom is 0.303 e. The number of fused-ring (bicyclic) bond motifs is 1. The topological polar surface area (TPSA) is 75.2 Å². The van der Waals surface area contributed by atoms with Crippen LogP contribution in [0.5, 0.6) is 5.75 Å². The Bertz CT molecular complexity index is 507. The summed E-state index contributed by atoms with van der Waals surface area (Å²) in [6, 6.07) is 5.64. The molecular formula is C12H14N2O3. The lowest BCUT2D eigenvalue weighted by Crippen LogP contribution is -2.00. The monoisotopic (exact) mass is 234 g/mol. The van der Waals surface area contributed by atoms with Crippen molar-refractivity contribution >= 4 is 17.0 Å². The van der Waals surface area contributed by atoms with E-state index < -0.39 is 5.97 Å². The number of carboxylic acids is 1. The number of aliphatic carboxylic acids is 1. The zero-order valence-corrected chi connectivity index (χ0v) is 9.35. The van der Waals surface area contributed by atoms with Crippen molar-refractivity contribution in [1.29, 1.82) is 0 Å². The molecule has 0 amide bonds. The maximum atomic E-state index is 10.3. The van der Waals surface area contributed by atoms with Crippen LogP contribution in [0, 0.1) is 0 Å². The van der Waals surface area contributed by atoms with Crippen LogP contribution in [-0.2, 0) is 4.79 Å². The highest BCUT2D eigenvalue weighted by Gasteiger charge is 2.00. The van der Waals surface area contributed by atoms with Crippen molar-refractivity contribution in [3.8, 4) is 5.75 Å². The average Bonchev–Trinajstić information content (AvgIpc) is 2.75. The van der Waals surface area contributed by atoms with Crippen LogP contribution < -0.4 is 4.74 Å².